The van der Waals surface area contributed by atoms with Crippen LogP contribution < -0.4 is 5.32 Å². The van der Waals surface area contributed by atoms with Crippen molar-refractivity contribution in [2.45, 2.75) is 31.2 Å². The van der Waals surface area contributed by atoms with Gasteiger partial charge >= 0.3 is 0 Å². The van der Waals surface area contributed by atoms with Gasteiger partial charge in [0.05, 0.1) is 23.0 Å². The number of rotatable bonds is 3. The topological polar surface area (TPSA) is 106 Å². The molecule has 4 aromatic rings. The summed E-state index contributed by atoms with van der Waals surface area (Å²) in [5.74, 6) is 1.22. The van der Waals surface area contributed by atoms with E-state index in [0.717, 1.165) is 47.3 Å². The van der Waals surface area contributed by atoms with E-state index in [1.807, 2.05) is 18.5 Å². The van der Waals surface area contributed by atoms with E-state index in [-0.39, 0.29) is 0 Å². The molecular weight excluding hydrogens is 326 g/mol. The second-order valence-electron chi connectivity index (χ2n) is 6.79. The summed E-state index contributed by atoms with van der Waals surface area (Å²) in [6.45, 7) is 0. The lowest BCUT2D eigenvalue weighted by Gasteiger charge is -2.13. The molecule has 0 bridgehead atoms. The van der Waals surface area contributed by atoms with Crippen LogP contribution in [0.25, 0.3) is 21.9 Å². The number of nitrogens with zero attached hydrogens (tertiary/aromatic N) is 4. The lowest BCUT2D eigenvalue weighted by molar-refractivity contribution is 0.682. The van der Waals surface area contributed by atoms with E-state index in [4.69, 9.17) is 5.26 Å². The van der Waals surface area contributed by atoms with Crippen LogP contribution in [0.5, 0.6) is 0 Å². The Morgan fingerprint density at radius 1 is 1.15 bits per heavy atom. The van der Waals surface area contributed by atoms with E-state index in [0.29, 0.717) is 17.5 Å². The van der Waals surface area contributed by atoms with Crippen molar-refractivity contribution in [2.75, 3.05) is 5.32 Å². The van der Waals surface area contributed by atoms with E-state index in [1.165, 1.54) is 5.39 Å². The molecule has 4 heterocycles. The highest BCUT2D eigenvalue weighted by atomic mass is 15.1. The fraction of sp³-hybridized carbons (Fsp3) is 0.263. The van der Waals surface area contributed by atoms with Gasteiger partial charge in [0, 0.05) is 35.1 Å². The molecule has 0 saturated heterocycles. The van der Waals surface area contributed by atoms with Gasteiger partial charge in [-0.25, -0.2) is 9.97 Å². The quantitative estimate of drug-likeness (QED) is 0.528. The summed E-state index contributed by atoms with van der Waals surface area (Å²) in [5.41, 5.74) is 3.59. The van der Waals surface area contributed by atoms with Gasteiger partial charge in [-0.3, -0.25) is 5.10 Å². The van der Waals surface area contributed by atoms with Crippen molar-refractivity contribution < 1.29 is 0 Å². The second kappa shape index (κ2) is 5.85. The van der Waals surface area contributed by atoms with Crippen LogP contribution in [0.2, 0.25) is 0 Å². The molecule has 0 unspecified atom stereocenters. The first kappa shape index (κ1) is 14.9. The van der Waals surface area contributed by atoms with Crippen LogP contribution in [0.1, 0.15) is 36.4 Å². The van der Waals surface area contributed by atoms with Gasteiger partial charge in [-0.2, -0.15) is 10.4 Å². The van der Waals surface area contributed by atoms with Gasteiger partial charge in [0.1, 0.15) is 17.5 Å². The minimum absolute atomic E-state index is 0.357. The molecule has 0 spiro atoms. The standard InChI is InChI=1S/C19H17N7/c20-8-11-1-4-16(22-9-11)24-13-3-2-12(7-13)18-17-14-5-6-21-19(14)23-10-15(17)25-26-18/h1,4-6,9-10,12-13H,2-3,7H2,(H,21,23)(H,22,24)(H,25,26)/t12-,13-/m0/s1. The zero-order valence-corrected chi connectivity index (χ0v) is 14.0. The number of nitrogens with one attached hydrogen (secondary N) is 3. The van der Waals surface area contributed by atoms with Crippen molar-refractivity contribution in [1.82, 2.24) is 25.1 Å². The molecule has 1 saturated carbocycles. The van der Waals surface area contributed by atoms with Crippen molar-refractivity contribution in [2.24, 2.45) is 0 Å². The number of aromatic amines is 2. The SMILES string of the molecule is N#Cc1ccc(N[C@H]2CC[C@H](c3n[nH]c4cnc5[nH]ccc5c34)C2)nc1. The van der Waals surface area contributed by atoms with Gasteiger partial charge in [-0.15, -0.1) is 0 Å². The fourth-order valence-corrected chi connectivity index (χ4v) is 3.96. The van der Waals surface area contributed by atoms with Crippen molar-refractivity contribution in [3.05, 3.63) is 48.0 Å². The fourth-order valence-electron chi connectivity index (χ4n) is 3.96. The number of nitriles is 1. The van der Waals surface area contributed by atoms with Crippen LogP contribution in [0.3, 0.4) is 0 Å². The smallest absolute Gasteiger partial charge is 0.138 e. The average molecular weight is 343 g/mol. The molecule has 1 aliphatic rings. The molecule has 0 amide bonds. The summed E-state index contributed by atoms with van der Waals surface area (Å²) in [5, 5.41) is 22.4. The number of aromatic nitrogens is 5. The normalized spacial score (nSPS) is 19.8. The highest BCUT2D eigenvalue weighted by Gasteiger charge is 2.29. The Morgan fingerprint density at radius 3 is 2.96 bits per heavy atom. The van der Waals surface area contributed by atoms with Crippen LogP contribution in [0, 0.1) is 11.3 Å². The van der Waals surface area contributed by atoms with Gasteiger partial charge < -0.3 is 10.3 Å². The van der Waals surface area contributed by atoms with E-state index in [1.54, 1.807) is 12.3 Å². The molecule has 0 aliphatic heterocycles. The molecule has 2 atom stereocenters. The minimum atomic E-state index is 0.357. The molecule has 3 N–H and O–H groups in total. The molecule has 1 fully saturated rings. The Hall–Kier alpha value is -3.40. The summed E-state index contributed by atoms with van der Waals surface area (Å²) < 4.78 is 0. The first-order valence-corrected chi connectivity index (χ1v) is 8.74. The van der Waals surface area contributed by atoms with Crippen LogP contribution in [0.4, 0.5) is 5.82 Å². The highest BCUT2D eigenvalue weighted by molar-refractivity contribution is 6.04. The Kier molecular flexibility index (Phi) is 3.35. The van der Waals surface area contributed by atoms with Crippen LogP contribution >= 0.6 is 0 Å². The number of fused-ring (bicyclic) bond motifs is 3. The number of hydrogen-bond acceptors (Lipinski definition) is 5. The highest BCUT2D eigenvalue weighted by Crippen LogP contribution is 2.39. The van der Waals surface area contributed by atoms with Crippen LogP contribution in [-0.2, 0) is 0 Å². The maximum absolute atomic E-state index is 8.87. The largest absolute Gasteiger partial charge is 0.367 e. The van der Waals surface area contributed by atoms with Crippen molar-refractivity contribution in [3.63, 3.8) is 0 Å². The Labute approximate surface area is 149 Å². The molecule has 1 aliphatic carbocycles. The van der Waals surface area contributed by atoms with Crippen molar-refractivity contribution in [3.8, 4) is 6.07 Å². The molecule has 4 aromatic heterocycles. The van der Waals surface area contributed by atoms with Gasteiger partial charge in [-0.05, 0) is 37.5 Å². The summed E-state index contributed by atoms with van der Waals surface area (Å²) in [4.78, 5) is 11.9. The number of hydrogen-bond donors (Lipinski definition) is 3. The maximum atomic E-state index is 8.87. The lowest BCUT2D eigenvalue weighted by atomic mass is 9.99. The third-order valence-corrected chi connectivity index (χ3v) is 5.20. The summed E-state index contributed by atoms with van der Waals surface area (Å²) in [6.07, 6.45) is 8.53. The monoisotopic (exact) mass is 343 g/mol. The minimum Gasteiger partial charge on any atom is -0.367 e. The molecule has 128 valence electrons. The summed E-state index contributed by atoms with van der Waals surface area (Å²) in [6, 6.07) is 8.17. The predicted octanol–water partition coefficient (Wildman–Crippen LogP) is 3.45. The molecular formula is C19H17N7. The average Bonchev–Trinajstić information content (AvgIpc) is 3.40. The Balaban J connectivity index is 1.39. The van der Waals surface area contributed by atoms with Crippen molar-refractivity contribution in [1.29, 1.82) is 5.26 Å². The molecule has 5 rings (SSSR count). The van der Waals surface area contributed by atoms with Gasteiger partial charge in [0.15, 0.2) is 0 Å². The molecule has 26 heavy (non-hydrogen) atoms. The third kappa shape index (κ3) is 2.39. The Morgan fingerprint density at radius 2 is 2.12 bits per heavy atom. The molecule has 0 aromatic carbocycles. The second-order valence-corrected chi connectivity index (χ2v) is 6.79. The maximum Gasteiger partial charge on any atom is 0.138 e. The van der Waals surface area contributed by atoms with E-state index < -0.39 is 0 Å². The Bertz CT molecular complexity index is 1120. The van der Waals surface area contributed by atoms with E-state index >= 15 is 0 Å². The van der Waals surface area contributed by atoms with Crippen LogP contribution in [-0.4, -0.2) is 31.2 Å². The van der Waals surface area contributed by atoms with Crippen molar-refractivity contribution >= 4 is 27.8 Å². The van der Waals surface area contributed by atoms with Crippen LogP contribution in [0.15, 0.2) is 36.8 Å². The number of anilines is 1. The van der Waals surface area contributed by atoms with E-state index in [9.17, 15) is 0 Å². The first-order chi connectivity index (χ1) is 12.8. The number of H-pyrrole nitrogens is 2. The lowest BCUT2D eigenvalue weighted by Crippen LogP contribution is -2.16. The number of pyridine rings is 2. The summed E-state index contributed by atoms with van der Waals surface area (Å²) in [7, 11) is 0. The zero-order chi connectivity index (χ0) is 17.5. The van der Waals surface area contributed by atoms with E-state index in [2.05, 4.69) is 42.6 Å². The molecule has 7 nitrogen and oxygen atoms in total. The van der Waals surface area contributed by atoms with Gasteiger partial charge in [0.25, 0.3) is 0 Å². The van der Waals surface area contributed by atoms with Gasteiger partial charge in [-0.1, -0.05) is 0 Å². The molecule has 7 heteroatoms. The predicted molar refractivity (Wildman–Crippen MR) is 98.7 cm³/mol. The molecule has 0 radical (unpaired) electrons. The summed E-state index contributed by atoms with van der Waals surface area (Å²) >= 11 is 0. The zero-order valence-electron chi connectivity index (χ0n) is 14.0. The first-order valence-electron chi connectivity index (χ1n) is 8.74. The third-order valence-electron chi connectivity index (χ3n) is 5.20. The van der Waals surface area contributed by atoms with Gasteiger partial charge in [0.2, 0.25) is 0 Å².